The molecule has 1 rings (SSSR count). The second-order valence-electron chi connectivity index (χ2n) is 3.10. The molecule has 0 saturated carbocycles. The Morgan fingerprint density at radius 1 is 1.44 bits per heavy atom. The van der Waals surface area contributed by atoms with E-state index in [1.807, 2.05) is 6.92 Å². The number of halogens is 2. The minimum absolute atomic E-state index is 0.448. The molecule has 0 spiro atoms. The van der Waals surface area contributed by atoms with Crippen LogP contribution >= 0.6 is 23.2 Å². The van der Waals surface area contributed by atoms with Gasteiger partial charge in [0.25, 0.3) is 0 Å². The zero-order chi connectivity index (χ0) is 12.0. The van der Waals surface area contributed by atoms with Crippen molar-refractivity contribution in [2.75, 3.05) is 11.9 Å². The van der Waals surface area contributed by atoms with Crippen LogP contribution in [0.25, 0.3) is 0 Å². The van der Waals surface area contributed by atoms with Crippen LogP contribution in [0.4, 0.5) is 5.69 Å². The van der Waals surface area contributed by atoms with Gasteiger partial charge in [-0.3, -0.25) is 10.4 Å². The van der Waals surface area contributed by atoms with Crippen molar-refractivity contribution >= 4 is 34.8 Å². The molecule has 0 unspecified atom stereocenters. The predicted octanol–water partition coefficient (Wildman–Crippen LogP) is 2.63. The summed E-state index contributed by atoms with van der Waals surface area (Å²) in [5.74, 6) is 5.79. The maximum atomic E-state index is 6.01. The van der Waals surface area contributed by atoms with E-state index in [0.717, 1.165) is 6.42 Å². The Hall–Kier alpha value is -0.970. The summed E-state index contributed by atoms with van der Waals surface area (Å²) in [7, 11) is 0. The van der Waals surface area contributed by atoms with Crippen molar-refractivity contribution in [3.8, 4) is 0 Å². The average Bonchev–Trinajstić information content (AvgIpc) is 2.30. The molecule has 4 nitrogen and oxygen atoms in total. The monoisotopic (exact) mass is 260 g/mol. The van der Waals surface area contributed by atoms with Crippen LogP contribution in [0.3, 0.4) is 0 Å². The van der Waals surface area contributed by atoms with Crippen LogP contribution < -0.4 is 16.6 Å². The van der Waals surface area contributed by atoms with Crippen molar-refractivity contribution < 1.29 is 0 Å². The molecule has 0 aliphatic heterocycles. The number of nitrogens with one attached hydrogen (secondary N) is 2. The van der Waals surface area contributed by atoms with E-state index < -0.39 is 0 Å². The van der Waals surface area contributed by atoms with E-state index in [-0.39, 0.29) is 0 Å². The molecule has 0 aromatic heterocycles. The molecule has 0 radical (unpaired) electrons. The minimum atomic E-state index is 0.448. The number of rotatable bonds is 3. The molecule has 0 aliphatic carbocycles. The molecule has 0 amide bonds. The molecule has 0 saturated heterocycles. The summed E-state index contributed by atoms with van der Waals surface area (Å²) in [6, 6.07) is 5.31. The highest BCUT2D eigenvalue weighted by atomic mass is 35.5. The summed E-state index contributed by atoms with van der Waals surface area (Å²) < 4.78 is 0. The summed E-state index contributed by atoms with van der Waals surface area (Å²) in [5.41, 5.74) is 3.14. The largest absolute Gasteiger partial charge is 0.324 e. The summed E-state index contributed by atoms with van der Waals surface area (Å²) in [4.78, 5) is 4.19. The van der Waals surface area contributed by atoms with Gasteiger partial charge in [0.15, 0.2) is 0 Å². The van der Waals surface area contributed by atoms with E-state index in [4.69, 9.17) is 29.0 Å². The first kappa shape index (κ1) is 13.1. The highest BCUT2D eigenvalue weighted by Gasteiger charge is 2.05. The number of benzene rings is 1. The van der Waals surface area contributed by atoms with Crippen molar-refractivity contribution in [1.29, 1.82) is 0 Å². The Kier molecular flexibility index (Phi) is 5.38. The maximum absolute atomic E-state index is 6.01. The molecular weight excluding hydrogens is 247 g/mol. The highest BCUT2D eigenvalue weighted by molar-refractivity contribution is 6.44. The van der Waals surface area contributed by atoms with Crippen LogP contribution in [-0.4, -0.2) is 12.5 Å². The van der Waals surface area contributed by atoms with Crippen LogP contribution in [0.1, 0.15) is 13.3 Å². The minimum Gasteiger partial charge on any atom is -0.324 e. The molecule has 0 heterocycles. The van der Waals surface area contributed by atoms with Gasteiger partial charge in [-0.15, -0.1) is 0 Å². The zero-order valence-corrected chi connectivity index (χ0v) is 10.4. The van der Waals surface area contributed by atoms with Crippen LogP contribution in [0, 0.1) is 0 Å². The van der Waals surface area contributed by atoms with E-state index >= 15 is 0 Å². The van der Waals surface area contributed by atoms with Gasteiger partial charge < -0.3 is 5.32 Å². The molecule has 1 aromatic carbocycles. The van der Waals surface area contributed by atoms with Crippen LogP contribution in [0.15, 0.2) is 23.2 Å². The number of guanidine groups is 1. The van der Waals surface area contributed by atoms with Gasteiger partial charge in [-0.05, 0) is 18.6 Å². The van der Waals surface area contributed by atoms with E-state index in [2.05, 4.69) is 15.7 Å². The summed E-state index contributed by atoms with van der Waals surface area (Å²) in [5, 5.41) is 3.90. The number of aliphatic imine (C=N–C) groups is 1. The van der Waals surface area contributed by atoms with Crippen molar-refractivity contribution in [2.45, 2.75) is 13.3 Å². The third-order valence-electron chi connectivity index (χ3n) is 1.83. The van der Waals surface area contributed by atoms with Gasteiger partial charge in [0, 0.05) is 6.54 Å². The van der Waals surface area contributed by atoms with Crippen molar-refractivity contribution in [1.82, 2.24) is 5.43 Å². The molecule has 1 aromatic rings. The Bertz CT molecular complexity index is 379. The van der Waals surface area contributed by atoms with Gasteiger partial charge in [0.2, 0.25) is 5.96 Å². The predicted molar refractivity (Wildman–Crippen MR) is 70.0 cm³/mol. The lowest BCUT2D eigenvalue weighted by Gasteiger charge is -2.11. The SMILES string of the molecule is CCCN=C(NN)Nc1cccc(Cl)c1Cl. The quantitative estimate of drug-likeness (QED) is 0.339. The normalized spacial score (nSPS) is 11.4. The number of hydrogen-bond donors (Lipinski definition) is 3. The maximum Gasteiger partial charge on any atom is 0.210 e. The fraction of sp³-hybridized carbons (Fsp3) is 0.300. The van der Waals surface area contributed by atoms with Gasteiger partial charge >= 0.3 is 0 Å². The molecule has 0 fully saturated rings. The van der Waals surface area contributed by atoms with Crippen LogP contribution in [0.2, 0.25) is 10.0 Å². The molecule has 0 atom stereocenters. The number of nitrogens with zero attached hydrogens (tertiary/aromatic N) is 1. The summed E-state index contributed by atoms with van der Waals surface area (Å²) in [6.45, 7) is 2.72. The Morgan fingerprint density at radius 2 is 2.19 bits per heavy atom. The highest BCUT2D eigenvalue weighted by Crippen LogP contribution is 2.29. The van der Waals surface area contributed by atoms with E-state index in [0.29, 0.717) is 28.2 Å². The molecule has 4 N–H and O–H groups in total. The van der Waals surface area contributed by atoms with Gasteiger partial charge in [-0.2, -0.15) is 0 Å². The first-order valence-corrected chi connectivity index (χ1v) is 5.66. The van der Waals surface area contributed by atoms with Gasteiger partial charge in [0.1, 0.15) is 0 Å². The second kappa shape index (κ2) is 6.58. The first-order valence-electron chi connectivity index (χ1n) is 4.91. The summed E-state index contributed by atoms with van der Waals surface area (Å²) in [6.07, 6.45) is 0.941. The molecule has 88 valence electrons. The van der Waals surface area contributed by atoms with Crippen molar-refractivity contribution in [3.63, 3.8) is 0 Å². The smallest absolute Gasteiger partial charge is 0.210 e. The van der Waals surface area contributed by atoms with Crippen LogP contribution in [0.5, 0.6) is 0 Å². The lowest BCUT2D eigenvalue weighted by atomic mass is 10.3. The number of nitrogens with two attached hydrogens (primary N) is 1. The second-order valence-corrected chi connectivity index (χ2v) is 3.89. The third-order valence-corrected chi connectivity index (χ3v) is 2.65. The summed E-state index contributed by atoms with van der Waals surface area (Å²) >= 11 is 11.9. The standard InChI is InChI=1S/C10H14Cl2N4/c1-2-6-14-10(16-13)15-8-5-3-4-7(11)9(8)12/h3-5H,2,6,13H2,1H3,(H2,14,15,16). The number of hydrogen-bond acceptors (Lipinski definition) is 2. The molecule has 0 aliphatic rings. The van der Waals surface area contributed by atoms with Crippen molar-refractivity contribution in [2.24, 2.45) is 10.8 Å². The molecule has 6 heteroatoms. The Morgan fingerprint density at radius 3 is 2.81 bits per heavy atom. The zero-order valence-electron chi connectivity index (χ0n) is 8.93. The number of anilines is 1. The molecule has 16 heavy (non-hydrogen) atoms. The van der Waals surface area contributed by atoms with E-state index in [1.165, 1.54) is 0 Å². The molecule has 0 bridgehead atoms. The molecular formula is C10H14Cl2N4. The third kappa shape index (κ3) is 3.56. The average molecular weight is 261 g/mol. The van der Waals surface area contributed by atoms with Gasteiger partial charge in [-0.1, -0.05) is 36.2 Å². The van der Waals surface area contributed by atoms with Crippen molar-refractivity contribution in [3.05, 3.63) is 28.2 Å². The Labute approximate surface area is 105 Å². The van der Waals surface area contributed by atoms with Gasteiger partial charge in [-0.25, -0.2) is 5.84 Å². The van der Waals surface area contributed by atoms with E-state index in [9.17, 15) is 0 Å². The lowest BCUT2D eigenvalue weighted by molar-refractivity contribution is 0.905. The van der Waals surface area contributed by atoms with Crippen LogP contribution in [-0.2, 0) is 0 Å². The topological polar surface area (TPSA) is 62.4 Å². The lowest BCUT2D eigenvalue weighted by Crippen LogP contribution is -2.36. The fourth-order valence-electron chi connectivity index (χ4n) is 1.07. The van der Waals surface area contributed by atoms with E-state index in [1.54, 1.807) is 18.2 Å². The first-order chi connectivity index (χ1) is 7.69. The van der Waals surface area contributed by atoms with Gasteiger partial charge in [0.05, 0.1) is 15.7 Å². The number of hydrazine groups is 1. The fourth-order valence-corrected chi connectivity index (χ4v) is 1.42. The Balaban J connectivity index is 2.82.